The lowest BCUT2D eigenvalue weighted by atomic mass is 10.1. The molecule has 2 heterocycles. The lowest BCUT2D eigenvalue weighted by Gasteiger charge is -2.08. The Labute approximate surface area is 245 Å². The summed E-state index contributed by atoms with van der Waals surface area (Å²) in [5, 5.41) is 0. The van der Waals surface area contributed by atoms with Crippen LogP contribution in [-0.4, -0.2) is 74.0 Å². The zero-order valence-corrected chi connectivity index (χ0v) is 25.7. The molecule has 41 heavy (non-hydrogen) atoms. The fourth-order valence-electron chi connectivity index (χ4n) is 2.97. The minimum atomic E-state index is -2.96. The minimum Gasteiger partial charge on any atom is -0.551 e. The second kappa shape index (κ2) is 19.2. The van der Waals surface area contributed by atoms with Crippen LogP contribution in [0.3, 0.4) is 0 Å². The number of aromatic amines is 2. The molecule has 0 saturated carbocycles. The van der Waals surface area contributed by atoms with Gasteiger partial charge < -0.3 is 30.8 Å². The number of hydrogen-bond acceptors (Lipinski definition) is 11. The molecule has 2 aromatic rings. The number of Topliss-reactive ketones (excluding diaryl/α,β-unsaturated/α-hetero) is 1. The topological polar surface area (TPSA) is 180 Å². The van der Waals surface area contributed by atoms with Crippen molar-refractivity contribution in [2.24, 2.45) is 0 Å². The second-order valence-electron chi connectivity index (χ2n) is 8.23. The Balaban J connectivity index is 0. The van der Waals surface area contributed by atoms with Crippen molar-refractivity contribution >= 4 is 50.8 Å². The molecule has 2 aromatic heterocycles. The first kappa shape index (κ1) is 39.3. The summed E-state index contributed by atoms with van der Waals surface area (Å²) in [6.07, 6.45) is 0. The average Bonchev–Trinajstić information content (AvgIpc) is 3.32. The molecule has 0 bridgehead atoms. The number of esters is 2. The van der Waals surface area contributed by atoms with Crippen molar-refractivity contribution in [3.8, 4) is 0 Å². The normalized spacial score (nSPS) is 9.32. The third-order valence-electron chi connectivity index (χ3n) is 4.89. The van der Waals surface area contributed by atoms with Crippen LogP contribution in [-0.2, 0) is 35.2 Å². The number of rotatable bonds is 8. The zero-order valence-electron chi connectivity index (χ0n) is 24.6. The van der Waals surface area contributed by atoms with Crippen molar-refractivity contribution in [1.29, 1.82) is 0 Å². The first-order valence-electron chi connectivity index (χ1n) is 12.3. The molecule has 0 radical (unpaired) electrons. The van der Waals surface area contributed by atoms with Gasteiger partial charge in [0.2, 0.25) is 0 Å². The molecule has 0 unspecified atom stereocenters. The summed E-state index contributed by atoms with van der Waals surface area (Å²) in [5.74, 6) is -2.84. The highest BCUT2D eigenvalue weighted by molar-refractivity contribution is 6.43. The van der Waals surface area contributed by atoms with Crippen molar-refractivity contribution in [3.05, 3.63) is 45.5 Å². The zero-order chi connectivity index (χ0) is 31.2. The number of ether oxygens (including phenoxy) is 2. The minimum absolute atomic E-state index is 0. The van der Waals surface area contributed by atoms with Crippen LogP contribution in [0.4, 0.5) is 0 Å². The number of carbonyl (C=O) groups excluding carboxylic acids is 6. The van der Waals surface area contributed by atoms with E-state index in [0.717, 1.165) is 43.3 Å². The summed E-state index contributed by atoms with van der Waals surface area (Å²) in [6.45, 7) is 16.6. The predicted molar refractivity (Wildman–Crippen MR) is 150 cm³/mol. The molecule has 0 saturated heterocycles. The van der Waals surface area contributed by atoms with Crippen LogP contribution in [0.15, 0.2) is 6.07 Å². The molecule has 0 atom stereocenters. The summed E-state index contributed by atoms with van der Waals surface area (Å²) >= 11 is -2.96. The van der Waals surface area contributed by atoms with E-state index in [9.17, 15) is 28.8 Å². The molecule has 0 amide bonds. The van der Waals surface area contributed by atoms with Crippen molar-refractivity contribution in [2.45, 2.75) is 76.7 Å². The van der Waals surface area contributed by atoms with Gasteiger partial charge in [-0.1, -0.05) is 7.43 Å². The molecule has 0 spiro atoms. The molecule has 0 aliphatic heterocycles. The maximum Gasteiger partial charge on any atom is 1.20 e. The van der Waals surface area contributed by atoms with E-state index in [-0.39, 0.29) is 24.9 Å². The lowest BCUT2D eigenvalue weighted by Crippen LogP contribution is -2.32. The van der Waals surface area contributed by atoms with E-state index in [1.165, 1.54) is 6.92 Å². The van der Waals surface area contributed by atoms with Gasteiger partial charge in [0, 0.05) is 32.2 Å². The molecular weight excluding hydrogens is 555 g/mol. The highest BCUT2D eigenvalue weighted by atomic mass is 27.3. The Morgan fingerprint density at radius 2 is 1.15 bits per heavy atom. The average molecular weight is 597 g/mol. The summed E-state index contributed by atoms with van der Waals surface area (Å²) < 4.78 is 23.1. The van der Waals surface area contributed by atoms with Crippen LogP contribution in [0, 0.1) is 27.7 Å². The number of nitrogens with one attached hydrogen (secondary N) is 2. The van der Waals surface area contributed by atoms with Gasteiger partial charge in [-0.15, -0.1) is 0 Å². The van der Waals surface area contributed by atoms with Gasteiger partial charge in [-0.2, -0.15) is 0 Å². The van der Waals surface area contributed by atoms with Crippen LogP contribution in [0.25, 0.3) is 0 Å². The molecular formula is C27H41AlN2O11. The molecule has 2 N–H and O–H groups in total. The van der Waals surface area contributed by atoms with E-state index in [2.05, 4.69) is 21.3 Å². The maximum atomic E-state index is 11.5. The monoisotopic (exact) mass is 596 g/mol. The predicted octanol–water partition coefficient (Wildman–Crippen LogP) is 4.12. The van der Waals surface area contributed by atoms with Gasteiger partial charge in [0.1, 0.15) is 11.4 Å². The Kier molecular flexibility index (Phi) is 18.4. The van der Waals surface area contributed by atoms with Crippen molar-refractivity contribution in [1.82, 2.24) is 9.97 Å². The molecule has 13 nitrogen and oxygen atoms in total. The quantitative estimate of drug-likeness (QED) is 0.254. The first-order chi connectivity index (χ1) is 18.5. The van der Waals surface area contributed by atoms with E-state index >= 15 is 0 Å². The highest BCUT2D eigenvalue weighted by Crippen LogP contribution is 2.19. The second-order valence-corrected chi connectivity index (χ2v) is 9.51. The van der Waals surface area contributed by atoms with Gasteiger partial charge in [-0.25, -0.2) is 9.59 Å². The summed E-state index contributed by atoms with van der Waals surface area (Å²) in [4.78, 5) is 71.2. The van der Waals surface area contributed by atoms with Crippen molar-refractivity contribution in [2.75, 3.05) is 13.2 Å². The highest BCUT2D eigenvalue weighted by Gasteiger charge is 2.47. The molecule has 0 aromatic carbocycles. The summed E-state index contributed by atoms with van der Waals surface area (Å²) in [5.41, 5.74) is 4.96. The van der Waals surface area contributed by atoms with Gasteiger partial charge in [-0.3, -0.25) is 19.2 Å². The van der Waals surface area contributed by atoms with Gasteiger partial charge in [0.15, 0.2) is 5.78 Å². The molecule has 2 rings (SSSR count). The number of hydrogen-bond donors (Lipinski definition) is 2. The number of aryl methyl sites for hydroxylation is 3. The number of ketones is 1. The van der Waals surface area contributed by atoms with Gasteiger partial charge in [0.25, 0.3) is 17.9 Å². The fraction of sp³-hybridized carbons (Fsp3) is 0.481. The number of aromatic nitrogens is 2. The number of H-pyrrole nitrogens is 2. The van der Waals surface area contributed by atoms with Gasteiger partial charge in [-0.05, 0) is 65.7 Å². The van der Waals surface area contributed by atoms with Crippen LogP contribution < -0.4 is 0 Å². The largest absolute Gasteiger partial charge is 1.20 e. The lowest BCUT2D eigenvalue weighted by molar-refractivity contribution is -0.145. The van der Waals surface area contributed by atoms with E-state index in [1.807, 2.05) is 27.7 Å². The van der Waals surface area contributed by atoms with Crippen molar-refractivity contribution < 1.29 is 49.6 Å². The molecule has 0 aliphatic rings. The van der Waals surface area contributed by atoms with E-state index in [4.69, 9.17) is 9.47 Å². The van der Waals surface area contributed by atoms with Gasteiger partial charge in [0.05, 0.1) is 18.8 Å². The van der Waals surface area contributed by atoms with Crippen molar-refractivity contribution in [3.63, 3.8) is 0 Å². The third-order valence-corrected chi connectivity index (χ3v) is 6.46. The number of carbonyl (C=O) groups is 6. The van der Waals surface area contributed by atoms with Crippen LogP contribution in [0.1, 0.15) is 103 Å². The molecule has 228 valence electrons. The summed E-state index contributed by atoms with van der Waals surface area (Å²) in [7, 11) is 0. The van der Waals surface area contributed by atoms with Crippen LogP contribution >= 0.6 is 0 Å². The maximum absolute atomic E-state index is 11.5. The van der Waals surface area contributed by atoms with Crippen LogP contribution in [0.2, 0.25) is 0 Å². The molecule has 0 fully saturated rings. The Bertz CT molecular complexity index is 1160. The molecule has 14 heteroatoms. The SMILES string of the molecule is C.CC(=O)[O][Al]([O]C(C)=O)[O]C(C)=O.CCOC(=O)c1[nH]c(C)c(C)c1C(C)=O.CCOC(=O)c1cc(C)c(C)[nH]1. The first-order valence-corrected chi connectivity index (χ1v) is 13.7. The smallest absolute Gasteiger partial charge is 0.551 e. The van der Waals surface area contributed by atoms with E-state index in [1.54, 1.807) is 19.9 Å². The third kappa shape index (κ3) is 14.4. The van der Waals surface area contributed by atoms with E-state index < -0.39 is 39.0 Å². The summed E-state index contributed by atoms with van der Waals surface area (Å²) in [6, 6.07) is 1.80. The molecule has 0 aliphatic carbocycles. The Morgan fingerprint density at radius 1 is 0.707 bits per heavy atom. The Morgan fingerprint density at radius 3 is 1.49 bits per heavy atom. The van der Waals surface area contributed by atoms with E-state index in [0.29, 0.717) is 24.5 Å². The van der Waals surface area contributed by atoms with Gasteiger partial charge >= 0.3 is 27.1 Å². The van der Waals surface area contributed by atoms with Crippen LogP contribution in [0.5, 0.6) is 0 Å². The standard InChI is InChI=1S/C11H15NO3.C9H13NO2.3C2H4O2.CH4.Al/c1-5-15-11(14)10-9(8(4)13)6(2)7(3)12-10;1-4-12-9(11)8-5-6(2)7(3)10-8;3*1-2(3)4;;/h12H,5H2,1-4H3;5,10H,4H2,1-3H3;3*1H3,(H,3,4);1H4;/q;;;;;;+3/p-3. The Hall–Kier alpha value is -3.89. The fourth-order valence-corrected chi connectivity index (χ4v) is 3.93.